The minimum Gasteiger partial charge on any atom is -0.494 e. The van der Waals surface area contributed by atoms with Crippen LogP contribution in [0.2, 0.25) is 0 Å². The van der Waals surface area contributed by atoms with E-state index in [0.29, 0.717) is 19.0 Å². The van der Waals surface area contributed by atoms with Crippen LogP contribution in [0, 0.1) is 24.0 Å². The number of anilines is 3. The fourth-order valence-corrected chi connectivity index (χ4v) is 4.30. The Balaban J connectivity index is 0.000000340. The molecule has 11 heteroatoms. The third kappa shape index (κ3) is 8.38. The number of nitrogen functional groups attached to an aromatic ring is 1. The molecule has 0 spiro atoms. The minimum absolute atomic E-state index is 0. The Bertz CT molecular complexity index is 991. The monoisotopic (exact) mass is 522 g/mol. The molecule has 0 aromatic heterocycles. The molecule has 0 unspecified atom stereocenters. The molecule has 2 aliphatic heterocycles. The smallest absolute Gasteiger partial charge is 0.273 e. The van der Waals surface area contributed by atoms with E-state index in [1.807, 2.05) is 19.1 Å². The van der Waals surface area contributed by atoms with Crippen molar-refractivity contribution in [3.05, 3.63) is 45.5 Å². The molecular weight excluding hydrogens is 480 g/mol. The van der Waals surface area contributed by atoms with Gasteiger partial charge in [-0.1, -0.05) is 7.43 Å². The summed E-state index contributed by atoms with van der Waals surface area (Å²) >= 11 is 0. The van der Waals surface area contributed by atoms with Crippen molar-refractivity contribution in [1.29, 1.82) is 0 Å². The zero-order valence-electron chi connectivity index (χ0n) is 21.8. The van der Waals surface area contributed by atoms with Gasteiger partial charge in [0.2, 0.25) is 0 Å². The van der Waals surface area contributed by atoms with Crippen molar-refractivity contribution in [3.63, 3.8) is 0 Å². The van der Waals surface area contributed by atoms with E-state index >= 15 is 0 Å². The highest BCUT2D eigenvalue weighted by molar-refractivity contribution is 5.69. The molecule has 0 amide bonds. The first kappa shape index (κ1) is 31.7. The van der Waals surface area contributed by atoms with Gasteiger partial charge in [-0.2, -0.15) is 0 Å². The van der Waals surface area contributed by atoms with Crippen molar-refractivity contribution in [2.24, 2.45) is 0 Å². The molecule has 3 N–H and O–H groups in total. The van der Waals surface area contributed by atoms with E-state index in [2.05, 4.69) is 16.7 Å². The van der Waals surface area contributed by atoms with Gasteiger partial charge in [0.05, 0.1) is 63.0 Å². The lowest BCUT2D eigenvalue weighted by Crippen LogP contribution is -2.36. The normalized spacial score (nSPS) is 14.8. The summed E-state index contributed by atoms with van der Waals surface area (Å²) in [5.41, 5.74) is 10.7. The SMILES string of the molecule is C.CO.COc1cc(N)cc(C)c1N1CCOCC1.COc1cc([N+](=O)[O-])cc(C)c1N1CCOCC1. The molecule has 0 radical (unpaired) electrons. The fraction of sp³-hybridized carbons (Fsp3) is 0.538. The first-order valence-corrected chi connectivity index (χ1v) is 11.7. The molecule has 11 nitrogen and oxygen atoms in total. The first-order chi connectivity index (χ1) is 17.3. The Morgan fingerprint density at radius 1 is 0.838 bits per heavy atom. The number of nitro benzene ring substituents is 1. The number of nitrogens with two attached hydrogens (primary N) is 1. The third-order valence-corrected chi connectivity index (χ3v) is 5.84. The summed E-state index contributed by atoms with van der Waals surface area (Å²) in [5, 5.41) is 17.8. The zero-order chi connectivity index (χ0) is 26.7. The highest BCUT2D eigenvalue weighted by Crippen LogP contribution is 2.36. The standard InChI is InChI=1S/C12H16N2O4.C12H18N2O2.CH4O.CH4/c1-9-7-10(14(15)16)8-11(17-2)12(9)13-3-5-18-6-4-13;1-9-7-10(13)8-11(15-2)12(9)14-3-5-16-6-4-14;1-2;/h7-8H,3-6H2,1-2H3;7-8H,3-6,13H2,1-2H3;2H,1H3;1H4. The maximum Gasteiger partial charge on any atom is 0.273 e. The van der Waals surface area contributed by atoms with Crippen LogP contribution in [-0.4, -0.2) is 84.0 Å². The quantitative estimate of drug-likeness (QED) is 0.342. The van der Waals surface area contributed by atoms with E-state index in [9.17, 15) is 10.1 Å². The van der Waals surface area contributed by atoms with Crippen molar-refractivity contribution in [2.75, 3.05) is 89.5 Å². The van der Waals surface area contributed by atoms with Crippen molar-refractivity contribution >= 4 is 22.7 Å². The number of hydrogen-bond acceptors (Lipinski definition) is 10. The second kappa shape index (κ2) is 15.7. The number of nitrogens with zero attached hydrogens (tertiary/aromatic N) is 3. The van der Waals surface area contributed by atoms with Crippen LogP contribution < -0.4 is 25.0 Å². The summed E-state index contributed by atoms with van der Waals surface area (Å²) in [4.78, 5) is 14.9. The Morgan fingerprint density at radius 2 is 1.24 bits per heavy atom. The molecule has 37 heavy (non-hydrogen) atoms. The lowest BCUT2D eigenvalue weighted by Gasteiger charge is -2.31. The zero-order valence-corrected chi connectivity index (χ0v) is 21.8. The maximum absolute atomic E-state index is 10.8. The molecule has 208 valence electrons. The van der Waals surface area contributed by atoms with E-state index in [-0.39, 0.29) is 13.1 Å². The number of aliphatic hydroxyl groups is 1. The van der Waals surface area contributed by atoms with Crippen LogP contribution in [0.5, 0.6) is 11.5 Å². The van der Waals surface area contributed by atoms with Crippen LogP contribution in [0.4, 0.5) is 22.7 Å². The second-order valence-electron chi connectivity index (χ2n) is 8.16. The minimum atomic E-state index is -0.404. The van der Waals surface area contributed by atoms with E-state index in [0.717, 1.165) is 80.4 Å². The summed E-state index contributed by atoms with van der Waals surface area (Å²) in [5.74, 6) is 1.39. The predicted molar refractivity (Wildman–Crippen MR) is 147 cm³/mol. The molecule has 0 saturated carbocycles. The third-order valence-electron chi connectivity index (χ3n) is 5.84. The predicted octanol–water partition coefficient (Wildman–Crippen LogP) is 3.42. The summed E-state index contributed by atoms with van der Waals surface area (Å²) in [6, 6.07) is 6.90. The molecule has 2 saturated heterocycles. The molecule has 2 fully saturated rings. The largest absolute Gasteiger partial charge is 0.494 e. The van der Waals surface area contributed by atoms with Gasteiger partial charge in [-0.15, -0.1) is 0 Å². The van der Waals surface area contributed by atoms with Crippen molar-refractivity contribution < 1.29 is 29.0 Å². The number of nitro groups is 1. The fourth-order valence-electron chi connectivity index (χ4n) is 4.30. The number of aryl methyl sites for hydroxylation is 2. The number of ether oxygens (including phenoxy) is 4. The first-order valence-electron chi connectivity index (χ1n) is 11.7. The van der Waals surface area contributed by atoms with Gasteiger partial charge in [-0.3, -0.25) is 10.1 Å². The molecule has 2 heterocycles. The van der Waals surface area contributed by atoms with E-state index < -0.39 is 4.92 Å². The molecular formula is C26H42N4O7. The number of aliphatic hydroxyl groups excluding tert-OH is 1. The van der Waals surface area contributed by atoms with Gasteiger partial charge >= 0.3 is 0 Å². The van der Waals surface area contributed by atoms with Gasteiger partial charge in [0, 0.05) is 51.1 Å². The Kier molecular flexibility index (Phi) is 13.5. The van der Waals surface area contributed by atoms with Gasteiger partial charge < -0.3 is 39.6 Å². The van der Waals surface area contributed by atoms with E-state index in [1.165, 1.54) is 13.2 Å². The lowest BCUT2D eigenvalue weighted by atomic mass is 10.1. The number of non-ortho nitro benzene ring substituents is 1. The van der Waals surface area contributed by atoms with Gasteiger partial charge in [0.25, 0.3) is 5.69 Å². The van der Waals surface area contributed by atoms with Gasteiger partial charge in [-0.05, 0) is 31.0 Å². The maximum atomic E-state index is 10.8. The van der Waals surface area contributed by atoms with Crippen molar-refractivity contribution in [2.45, 2.75) is 21.3 Å². The number of morpholine rings is 2. The van der Waals surface area contributed by atoms with Crippen LogP contribution in [0.3, 0.4) is 0 Å². The van der Waals surface area contributed by atoms with Gasteiger partial charge in [0.15, 0.2) is 0 Å². The summed E-state index contributed by atoms with van der Waals surface area (Å²) in [6.07, 6.45) is 0. The molecule has 2 aromatic carbocycles. The Morgan fingerprint density at radius 3 is 1.65 bits per heavy atom. The molecule has 4 rings (SSSR count). The number of hydrogen-bond donors (Lipinski definition) is 2. The highest BCUT2D eigenvalue weighted by atomic mass is 16.6. The van der Waals surface area contributed by atoms with Gasteiger partial charge in [0.1, 0.15) is 11.5 Å². The van der Waals surface area contributed by atoms with Crippen LogP contribution >= 0.6 is 0 Å². The van der Waals surface area contributed by atoms with Crippen LogP contribution in [0.1, 0.15) is 18.6 Å². The van der Waals surface area contributed by atoms with Crippen LogP contribution in [0.25, 0.3) is 0 Å². The average Bonchev–Trinajstić information content (AvgIpc) is 2.90. The second-order valence-corrected chi connectivity index (χ2v) is 8.16. The Hall–Kier alpha value is -3.28. The van der Waals surface area contributed by atoms with Crippen molar-refractivity contribution in [3.8, 4) is 11.5 Å². The van der Waals surface area contributed by atoms with Crippen LogP contribution in [0.15, 0.2) is 24.3 Å². The Labute approximate surface area is 219 Å². The van der Waals surface area contributed by atoms with Crippen LogP contribution in [-0.2, 0) is 9.47 Å². The number of methoxy groups -OCH3 is 2. The highest BCUT2D eigenvalue weighted by Gasteiger charge is 2.21. The summed E-state index contributed by atoms with van der Waals surface area (Å²) in [7, 11) is 4.21. The molecule has 0 aliphatic carbocycles. The van der Waals surface area contributed by atoms with E-state index in [1.54, 1.807) is 13.2 Å². The van der Waals surface area contributed by atoms with Crippen molar-refractivity contribution in [1.82, 2.24) is 0 Å². The average molecular weight is 523 g/mol. The van der Waals surface area contributed by atoms with E-state index in [4.69, 9.17) is 29.8 Å². The van der Waals surface area contributed by atoms with Gasteiger partial charge in [-0.25, -0.2) is 0 Å². The number of benzene rings is 2. The topological polar surface area (TPSA) is 133 Å². The summed E-state index contributed by atoms with van der Waals surface area (Å²) in [6.45, 7) is 10.1. The molecule has 2 aromatic rings. The molecule has 0 bridgehead atoms. The lowest BCUT2D eigenvalue weighted by molar-refractivity contribution is -0.385. The summed E-state index contributed by atoms with van der Waals surface area (Å²) < 4.78 is 21.3. The number of rotatable bonds is 5. The molecule has 0 atom stereocenters. The molecule has 2 aliphatic rings.